The van der Waals surface area contributed by atoms with Crippen molar-refractivity contribution < 1.29 is 37.9 Å². The molecule has 4 heterocycles. The van der Waals surface area contributed by atoms with Crippen LogP contribution in [0.1, 0.15) is 31.9 Å². The molecule has 0 saturated carbocycles. The van der Waals surface area contributed by atoms with Crippen LogP contribution in [0.4, 0.5) is 0 Å². The smallest absolute Gasteiger partial charge is 0.352 e. The third kappa shape index (κ3) is 4.43. The summed E-state index contributed by atoms with van der Waals surface area (Å²) >= 11 is 0. The zero-order valence-electron chi connectivity index (χ0n) is 21.9. The summed E-state index contributed by atoms with van der Waals surface area (Å²) in [6.45, 7) is 5.86. The summed E-state index contributed by atoms with van der Waals surface area (Å²) in [4.78, 5) is 26.0. The van der Waals surface area contributed by atoms with Gasteiger partial charge in [0.25, 0.3) is 10.0 Å². The van der Waals surface area contributed by atoms with Crippen molar-refractivity contribution in [1.82, 2.24) is 13.9 Å². The number of nitrogens with zero attached hydrogens (tertiary/aromatic N) is 5. The number of aliphatic carboxylic acids is 1. The molecule has 0 bridgehead atoms. The van der Waals surface area contributed by atoms with Crippen molar-refractivity contribution in [2.45, 2.75) is 57.3 Å². The van der Waals surface area contributed by atoms with Crippen LogP contribution in [0, 0.1) is 11.8 Å². The normalized spacial score (nSPS) is 24.3. The number of carbonyl (C=O) groups excluding carboxylic acids is 1. The number of amides is 1. The Morgan fingerprint density at radius 1 is 1.28 bits per heavy atom. The van der Waals surface area contributed by atoms with Crippen LogP contribution in [0.25, 0.3) is 0 Å². The lowest BCUT2D eigenvalue weighted by atomic mass is 9.78. The van der Waals surface area contributed by atoms with E-state index in [4.69, 9.17) is 5.11 Å². The molecule has 3 aliphatic heterocycles. The Kier molecular flexibility index (Phi) is 6.85. The van der Waals surface area contributed by atoms with Crippen molar-refractivity contribution in [3.05, 3.63) is 59.3 Å². The van der Waals surface area contributed by atoms with E-state index in [1.54, 1.807) is 26.0 Å². The Labute approximate surface area is 226 Å². The van der Waals surface area contributed by atoms with Gasteiger partial charge >= 0.3 is 5.97 Å². The highest BCUT2D eigenvalue weighted by Crippen LogP contribution is 2.47. The second kappa shape index (κ2) is 9.88. The molecule has 0 unspecified atom stereocenters. The van der Waals surface area contributed by atoms with Gasteiger partial charge in [-0.25, -0.2) is 13.9 Å². The Morgan fingerprint density at radius 3 is 2.69 bits per heavy atom. The lowest BCUT2D eigenvalue weighted by molar-refractivity contribution is -0.697. The van der Waals surface area contributed by atoms with Gasteiger partial charge in [-0.05, 0) is 37.1 Å². The molecule has 1 fully saturated rings. The molecule has 1 aromatic carbocycles. The lowest BCUT2D eigenvalue weighted by Crippen LogP contribution is -2.63. The van der Waals surface area contributed by atoms with E-state index in [1.807, 2.05) is 33.9 Å². The van der Waals surface area contributed by atoms with Crippen molar-refractivity contribution in [1.29, 1.82) is 0 Å². The number of carbonyl (C=O) groups is 2. The molecule has 0 aliphatic carbocycles. The summed E-state index contributed by atoms with van der Waals surface area (Å²) in [6.07, 6.45) is 5.38. The first kappa shape index (κ1) is 27.0. The molecule has 13 heteroatoms. The number of benzene rings is 1. The van der Waals surface area contributed by atoms with Crippen LogP contribution in [-0.2, 0) is 39.1 Å². The van der Waals surface area contributed by atoms with Gasteiger partial charge in [0.1, 0.15) is 24.6 Å². The number of aryl methyl sites for hydroxylation is 2. The maximum Gasteiger partial charge on any atom is 0.352 e. The van der Waals surface area contributed by atoms with E-state index in [1.165, 1.54) is 11.8 Å². The Hall–Kier alpha value is -3.55. The van der Waals surface area contributed by atoms with E-state index < -0.39 is 45.9 Å². The maximum absolute atomic E-state index is 13.6. The Bertz CT molecular complexity index is 1510. The molecule has 5 rings (SSSR count). The Morgan fingerprint density at radius 2 is 2.03 bits per heavy atom. The van der Waals surface area contributed by atoms with Gasteiger partial charge in [0.2, 0.25) is 12.2 Å². The molecule has 39 heavy (non-hydrogen) atoms. The predicted molar refractivity (Wildman–Crippen MR) is 138 cm³/mol. The number of aliphatic hydroxyl groups is 2. The SMILES string of the molecule is CC1=NN(CC2=C(C(=O)O)N3C(=O)[C@H]([C@@H](C)O)[C@H]3[C@H]2C)S(=O)(=O)c2ccc(CCn3cc[n+](CCO)c3)cc21. The number of sulfonamides is 1. The van der Waals surface area contributed by atoms with Crippen LogP contribution in [0.2, 0.25) is 0 Å². The standard InChI is InChI=1S/C26H31N5O7S/c1-15-20(24(26(35)36)31-23(15)22(17(3)33)25(31)34)13-30-27-16(2)19-12-18(4-5-21(19)39(30,37)38)6-7-28-8-9-29(14-28)10-11-32/h4-5,8-9,12,14-15,17,22-23,32-33H,6-7,10-11,13H2,1-3H3/p+1/t15-,17+,22+,23+/m0/s1. The predicted octanol–water partition coefficient (Wildman–Crippen LogP) is -0.0649. The fourth-order valence-corrected chi connectivity index (χ4v) is 7.32. The highest BCUT2D eigenvalue weighted by atomic mass is 32.2. The quantitative estimate of drug-likeness (QED) is 0.287. The highest BCUT2D eigenvalue weighted by molar-refractivity contribution is 7.89. The third-order valence-electron chi connectivity index (χ3n) is 7.84. The minimum atomic E-state index is -4.09. The lowest BCUT2D eigenvalue weighted by Gasteiger charge is -2.46. The van der Waals surface area contributed by atoms with Crippen LogP contribution >= 0.6 is 0 Å². The van der Waals surface area contributed by atoms with Crippen molar-refractivity contribution in [3.63, 3.8) is 0 Å². The first-order valence-electron chi connectivity index (χ1n) is 12.8. The summed E-state index contributed by atoms with van der Waals surface area (Å²) in [7, 11) is -4.09. The molecule has 1 amide bonds. The summed E-state index contributed by atoms with van der Waals surface area (Å²) in [5.41, 5.74) is 1.96. The zero-order valence-corrected chi connectivity index (χ0v) is 22.7. The van der Waals surface area contributed by atoms with Crippen LogP contribution in [-0.4, -0.2) is 80.5 Å². The number of fused-ring (bicyclic) bond motifs is 2. The summed E-state index contributed by atoms with van der Waals surface area (Å²) in [6, 6.07) is 4.59. The van der Waals surface area contributed by atoms with Gasteiger partial charge in [0.15, 0.2) is 0 Å². The van der Waals surface area contributed by atoms with Gasteiger partial charge in [-0.15, -0.1) is 0 Å². The molecule has 2 aromatic rings. The number of carboxylic acids is 1. The number of carboxylic acid groups (broad SMARTS) is 1. The minimum Gasteiger partial charge on any atom is -0.477 e. The van der Waals surface area contributed by atoms with Crippen LogP contribution < -0.4 is 4.57 Å². The molecule has 12 nitrogen and oxygen atoms in total. The van der Waals surface area contributed by atoms with Crippen molar-refractivity contribution >= 4 is 27.6 Å². The van der Waals surface area contributed by atoms with E-state index >= 15 is 0 Å². The van der Waals surface area contributed by atoms with E-state index in [0.29, 0.717) is 30.8 Å². The molecule has 208 valence electrons. The largest absolute Gasteiger partial charge is 0.477 e. The molecule has 0 radical (unpaired) electrons. The van der Waals surface area contributed by atoms with Gasteiger partial charge in [-0.1, -0.05) is 13.0 Å². The maximum atomic E-state index is 13.6. The molecule has 4 atom stereocenters. The minimum absolute atomic E-state index is 0.0523. The van der Waals surface area contributed by atoms with E-state index in [-0.39, 0.29) is 29.3 Å². The number of hydrogen-bond donors (Lipinski definition) is 3. The molecule has 3 N–H and O–H groups in total. The molecular formula is C26H32N5O7S+. The number of rotatable bonds is 9. The van der Waals surface area contributed by atoms with E-state index in [0.717, 1.165) is 9.98 Å². The van der Waals surface area contributed by atoms with Gasteiger partial charge < -0.3 is 20.2 Å². The number of hydrazone groups is 1. The van der Waals surface area contributed by atoms with E-state index in [9.17, 15) is 28.2 Å². The van der Waals surface area contributed by atoms with Crippen LogP contribution in [0.3, 0.4) is 0 Å². The van der Waals surface area contributed by atoms with Gasteiger partial charge in [0, 0.05) is 17.9 Å². The first-order chi connectivity index (χ1) is 18.4. The molecule has 1 saturated heterocycles. The molecule has 0 spiro atoms. The summed E-state index contributed by atoms with van der Waals surface area (Å²) in [5, 5.41) is 33.4. The first-order valence-corrected chi connectivity index (χ1v) is 14.2. The van der Waals surface area contributed by atoms with Crippen LogP contribution in [0.15, 0.2) is 58.2 Å². The second-order valence-electron chi connectivity index (χ2n) is 10.3. The fourth-order valence-electron chi connectivity index (χ4n) is 5.83. The zero-order chi connectivity index (χ0) is 28.2. The summed E-state index contributed by atoms with van der Waals surface area (Å²) < 4.78 is 32.0. The number of hydrogen-bond acceptors (Lipinski definition) is 7. The van der Waals surface area contributed by atoms with Crippen molar-refractivity contribution in [2.75, 3.05) is 13.2 Å². The van der Waals surface area contributed by atoms with Crippen LogP contribution in [0.5, 0.6) is 0 Å². The average molecular weight is 559 g/mol. The second-order valence-corrected chi connectivity index (χ2v) is 12.1. The number of imidazole rings is 1. The third-order valence-corrected chi connectivity index (χ3v) is 9.51. The van der Waals surface area contributed by atoms with Crippen molar-refractivity contribution in [3.8, 4) is 0 Å². The molecule has 1 aromatic heterocycles. The van der Waals surface area contributed by atoms with Gasteiger partial charge in [-0.3, -0.25) is 4.79 Å². The van der Waals surface area contributed by atoms with E-state index in [2.05, 4.69) is 5.10 Å². The topological polar surface area (TPSA) is 157 Å². The monoisotopic (exact) mass is 558 g/mol. The average Bonchev–Trinajstić information content (AvgIpc) is 3.41. The fraction of sp³-hybridized carbons (Fsp3) is 0.462. The molecule has 3 aliphatic rings. The van der Waals surface area contributed by atoms with Crippen molar-refractivity contribution in [2.24, 2.45) is 16.9 Å². The molecular weight excluding hydrogens is 526 g/mol. The van der Waals surface area contributed by atoms with Gasteiger partial charge in [0.05, 0.1) is 48.4 Å². The highest BCUT2D eigenvalue weighted by Gasteiger charge is 2.60. The Balaban J connectivity index is 1.39. The number of aromatic nitrogens is 2. The van der Waals surface area contributed by atoms with Gasteiger partial charge in [-0.2, -0.15) is 17.9 Å². The number of aliphatic hydroxyl groups excluding tert-OH is 2. The summed E-state index contributed by atoms with van der Waals surface area (Å²) in [5.74, 6) is -2.99. The number of β-lactam (4-membered cyclic amide) rings is 1.